The molecule has 4 unspecified atom stereocenters. The molecular weight excluding hydrogens is 552 g/mol. The average Bonchev–Trinajstić information content (AvgIpc) is 4.02. The molecular formula is C38H42O6. The first-order valence-corrected chi connectivity index (χ1v) is 15.8. The van der Waals surface area contributed by atoms with Gasteiger partial charge < -0.3 is 28.4 Å². The Morgan fingerprint density at radius 3 is 1.14 bits per heavy atom. The highest BCUT2D eigenvalue weighted by atomic mass is 16.6. The van der Waals surface area contributed by atoms with E-state index in [0.29, 0.717) is 26.4 Å². The molecule has 4 aromatic rings. The second kappa shape index (κ2) is 14.9. The van der Waals surface area contributed by atoms with Crippen molar-refractivity contribution in [3.05, 3.63) is 108 Å². The highest BCUT2D eigenvalue weighted by Crippen LogP contribution is 2.29. The number of hydrogen-bond donors (Lipinski definition) is 0. The molecule has 0 spiro atoms. The molecule has 6 rings (SSSR count). The lowest BCUT2D eigenvalue weighted by Gasteiger charge is -2.16. The largest absolute Gasteiger partial charge is 0.490 e. The molecule has 6 heteroatoms. The Kier molecular flexibility index (Phi) is 10.3. The Labute approximate surface area is 260 Å². The maximum absolute atomic E-state index is 6.03. The molecule has 0 N–H and O–H groups in total. The molecule has 4 aromatic carbocycles. The predicted octanol–water partition coefficient (Wildman–Crippen LogP) is 8.21. The smallest absolute Gasteiger partial charge is 0.122 e. The van der Waals surface area contributed by atoms with Gasteiger partial charge in [0, 0.05) is 0 Å². The van der Waals surface area contributed by atoms with Crippen LogP contribution in [0, 0.1) is 0 Å². The first kappa shape index (κ1) is 30.4. The molecule has 0 amide bonds. The fourth-order valence-corrected chi connectivity index (χ4v) is 5.26. The summed E-state index contributed by atoms with van der Waals surface area (Å²) in [5, 5.41) is 0. The summed E-state index contributed by atoms with van der Waals surface area (Å²) in [4.78, 5) is 0. The average molecular weight is 595 g/mol. The molecule has 230 valence electrons. The van der Waals surface area contributed by atoms with E-state index in [4.69, 9.17) is 28.4 Å². The molecule has 0 aromatic heterocycles. The number of ether oxygens (including phenoxy) is 6. The van der Waals surface area contributed by atoms with Crippen LogP contribution in [-0.4, -0.2) is 51.8 Å². The third kappa shape index (κ3) is 8.48. The van der Waals surface area contributed by atoms with E-state index in [9.17, 15) is 0 Å². The van der Waals surface area contributed by atoms with Gasteiger partial charge in [-0.15, -0.1) is 0 Å². The summed E-state index contributed by atoms with van der Waals surface area (Å²) in [6, 6.07) is 33.6. The van der Waals surface area contributed by atoms with Crippen LogP contribution in [0.15, 0.2) is 97.1 Å². The normalized spacial score (nSPS) is 18.4. The van der Waals surface area contributed by atoms with Gasteiger partial charge in [-0.1, -0.05) is 86.6 Å². The van der Waals surface area contributed by atoms with E-state index in [-0.39, 0.29) is 24.4 Å². The highest BCUT2D eigenvalue weighted by Gasteiger charge is 2.25. The zero-order valence-electron chi connectivity index (χ0n) is 25.7. The van der Waals surface area contributed by atoms with Gasteiger partial charge in [0.2, 0.25) is 0 Å². The summed E-state index contributed by atoms with van der Waals surface area (Å²) in [5.41, 5.74) is 7.04. The SMILES string of the molecule is CCC(OCC1CO1)c1ccc(-c2ccc(OCCOc3ccc(-c4ccc(C(CC)OCC5CO5)cc4)cc3)cc2)cc1. The summed E-state index contributed by atoms with van der Waals surface area (Å²) in [6.07, 6.45) is 2.65. The van der Waals surface area contributed by atoms with Crippen LogP contribution < -0.4 is 9.47 Å². The minimum absolute atomic E-state index is 0.105. The Hall–Kier alpha value is -3.68. The molecule has 0 aliphatic carbocycles. The highest BCUT2D eigenvalue weighted by molar-refractivity contribution is 5.65. The standard InChI is InChI=1S/C38H42O6/c1-3-37(43-25-35-23-41-35)31-9-5-27(6-10-31)29-13-17-33(18-14-29)39-21-22-40-34-19-15-30(16-20-34)28-7-11-32(12-8-28)38(4-2)44-26-36-24-42-36/h5-20,35-38H,3-4,21-26H2,1-2H3. The van der Waals surface area contributed by atoms with E-state index < -0.39 is 0 Å². The summed E-state index contributed by atoms with van der Waals surface area (Å²) >= 11 is 0. The molecule has 0 saturated carbocycles. The van der Waals surface area contributed by atoms with Gasteiger partial charge in [0.05, 0.1) is 38.6 Å². The molecule has 2 heterocycles. The van der Waals surface area contributed by atoms with Crippen molar-refractivity contribution in [2.24, 2.45) is 0 Å². The van der Waals surface area contributed by atoms with E-state index in [1.807, 2.05) is 24.3 Å². The van der Waals surface area contributed by atoms with Crippen molar-refractivity contribution in [3.8, 4) is 33.8 Å². The molecule has 2 fully saturated rings. The zero-order valence-corrected chi connectivity index (χ0v) is 25.7. The van der Waals surface area contributed by atoms with Crippen molar-refractivity contribution in [3.63, 3.8) is 0 Å². The topological polar surface area (TPSA) is 62.0 Å². The number of hydrogen-bond acceptors (Lipinski definition) is 6. The van der Waals surface area contributed by atoms with E-state index in [2.05, 4.69) is 86.6 Å². The lowest BCUT2D eigenvalue weighted by molar-refractivity contribution is 0.0394. The van der Waals surface area contributed by atoms with Crippen LogP contribution in [0.4, 0.5) is 0 Å². The molecule has 2 aliphatic heterocycles. The fraction of sp³-hybridized carbons (Fsp3) is 0.368. The first-order valence-electron chi connectivity index (χ1n) is 15.8. The van der Waals surface area contributed by atoms with E-state index in [1.54, 1.807) is 0 Å². The minimum atomic E-state index is 0.105. The van der Waals surface area contributed by atoms with Gasteiger partial charge in [-0.3, -0.25) is 0 Å². The third-order valence-electron chi connectivity index (χ3n) is 8.07. The van der Waals surface area contributed by atoms with Crippen LogP contribution in [0.25, 0.3) is 22.3 Å². The van der Waals surface area contributed by atoms with Crippen molar-refractivity contribution in [1.82, 2.24) is 0 Å². The van der Waals surface area contributed by atoms with Gasteiger partial charge in [-0.25, -0.2) is 0 Å². The zero-order chi connectivity index (χ0) is 30.1. The fourth-order valence-electron chi connectivity index (χ4n) is 5.26. The van der Waals surface area contributed by atoms with Gasteiger partial charge in [0.15, 0.2) is 0 Å². The predicted molar refractivity (Wildman–Crippen MR) is 172 cm³/mol. The maximum atomic E-state index is 6.03. The van der Waals surface area contributed by atoms with Crippen LogP contribution in [0.5, 0.6) is 11.5 Å². The van der Waals surface area contributed by atoms with Gasteiger partial charge in [0.25, 0.3) is 0 Å². The van der Waals surface area contributed by atoms with E-state index in [0.717, 1.165) is 48.7 Å². The lowest BCUT2D eigenvalue weighted by atomic mass is 10.0. The van der Waals surface area contributed by atoms with Gasteiger partial charge in [-0.2, -0.15) is 0 Å². The third-order valence-corrected chi connectivity index (χ3v) is 8.07. The number of epoxide rings is 2. The van der Waals surface area contributed by atoms with E-state index >= 15 is 0 Å². The Morgan fingerprint density at radius 1 is 0.523 bits per heavy atom. The molecule has 44 heavy (non-hydrogen) atoms. The molecule has 0 bridgehead atoms. The van der Waals surface area contributed by atoms with Gasteiger partial charge in [0.1, 0.15) is 36.9 Å². The van der Waals surface area contributed by atoms with Crippen LogP contribution in [0.2, 0.25) is 0 Å². The summed E-state index contributed by atoms with van der Waals surface area (Å²) in [6.45, 7) is 8.21. The Bertz CT molecular complexity index is 1310. The van der Waals surface area contributed by atoms with Crippen molar-refractivity contribution in [1.29, 1.82) is 0 Å². The van der Waals surface area contributed by atoms with E-state index in [1.165, 1.54) is 22.3 Å². The maximum Gasteiger partial charge on any atom is 0.122 e. The molecule has 6 nitrogen and oxygen atoms in total. The Morgan fingerprint density at radius 2 is 0.841 bits per heavy atom. The molecule has 4 atom stereocenters. The lowest BCUT2D eigenvalue weighted by Crippen LogP contribution is -2.09. The number of rotatable bonds is 17. The molecule has 0 radical (unpaired) electrons. The van der Waals surface area contributed by atoms with Crippen molar-refractivity contribution >= 4 is 0 Å². The van der Waals surface area contributed by atoms with Crippen LogP contribution in [0.1, 0.15) is 50.0 Å². The molecule has 2 saturated heterocycles. The summed E-state index contributed by atoms with van der Waals surface area (Å²) in [5.74, 6) is 1.65. The van der Waals surface area contributed by atoms with Crippen LogP contribution >= 0.6 is 0 Å². The minimum Gasteiger partial charge on any atom is -0.490 e. The first-order chi connectivity index (χ1) is 21.7. The summed E-state index contributed by atoms with van der Waals surface area (Å²) < 4.78 is 34.5. The van der Waals surface area contributed by atoms with Crippen LogP contribution in [0.3, 0.4) is 0 Å². The quantitative estimate of drug-likeness (QED) is 0.0907. The monoisotopic (exact) mass is 594 g/mol. The van der Waals surface area contributed by atoms with Crippen molar-refractivity contribution in [2.45, 2.75) is 51.1 Å². The second-order valence-corrected chi connectivity index (χ2v) is 11.4. The number of benzene rings is 4. The van der Waals surface area contributed by atoms with Gasteiger partial charge in [-0.05, 0) is 70.5 Å². The van der Waals surface area contributed by atoms with Crippen molar-refractivity contribution < 1.29 is 28.4 Å². The second-order valence-electron chi connectivity index (χ2n) is 11.4. The Balaban J connectivity index is 0.934. The van der Waals surface area contributed by atoms with Crippen LogP contribution in [-0.2, 0) is 18.9 Å². The summed E-state index contributed by atoms with van der Waals surface area (Å²) in [7, 11) is 0. The van der Waals surface area contributed by atoms with Gasteiger partial charge >= 0.3 is 0 Å². The molecule has 2 aliphatic rings. The van der Waals surface area contributed by atoms with Crippen molar-refractivity contribution in [2.75, 3.05) is 39.6 Å².